The van der Waals surface area contributed by atoms with E-state index in [4.69, 9.17) is 14.2 Å². The molecule has 0 aliphatic rings. The molecule has 0 aromatic heterocycles. The van der Waals surface area contributed by atoms with Gasteiger partial charge < -0.3 is 14.2 Å². The molecule has 0 aromatic carbocycles. The summed E-state index contributed by atoms with van der Waals surface area (Å²) in [5, 5.41) is 0. The van der Waals surface area contributed by atoms with Crippen LogP contribution in [-0.2, 0) is 28.6 Å². The summed E-state index contributed by atoms with van der Waals surface area (Å²) >= 11 is 0. The normalized spacial score (nSPS) is 13.2. The van der Waals surface area contributed by atoms with E-state index in [2.05, 4.69) is 167 Å². The van der Waals surface area contributed by atoms with Gasteiger partial charge in [0, 0.05) is 19.3 Å². The monoisotopic (exact) mass is 1010 g/mol. The first-order valence-corrected chi connectivity index (χ1v) is 29.3. The zero-order valence-electron chi connectivity index (χ0n) is 46.8. The van der Waals surface area contributed by atoms with Crippen LogP contribution in [0.3, 0.4) is 0 Å². The molecule has 6 nitrogen and oxygen atoms in total. The van der Waals surface area contributed by atoms with Crippen molar-refractivity contribution in [2.45, 2.75) is 245 Å². The quantitative estimate of drug-likeness (QED) is 0.0261. The summed E-state index contributed by atoms with van der Waals surface area (Å²) in [6.07, 6.45) is 85.6. The van der Waals surface area contributed by atoms with Gasteiger partial charge in [0.2, 0.25) is 0 Å². The van der Waals surface area contributed by atoms with Gasteiger partial charge in [-0.25, -0.2) is 0 Å². The Balaban J connectivity index is 4.43. The van der Waals surface area contributed by atoms with E-state index >= 15 is 0 Å². The van der Waals surface area contributed by atoms with Crippen LogP contribution in [0.1, 0.15) is 239 Å². The van der Waals surface area contributed by atoms with Gasteiger partial charge in [-0.3, -0.25) is 14.4 Å². The van der Waals surface area contributed by atoms with Crippen LogP contribution in [-0.4, -0.2) is 37.2 Å². The van der Waals surface area contributed by atoms with E-state index in [1.54, 1.807) is 0 Å². The lowest BCUT2D eigenvalue weighted by atomic mass is 10.1. The maximum atomic E-state index is 12.9. The second-order valence-corrected chi connectivity index (χ2v) is 18.8. The van der Waals surface area contributed by atoms with Crippen molar-refractivity contribution in [3.63, 3.8) is 0 Å². The largest absolute Gasteiger partial charge is 0.462 e. The van der Waals surface area contributed by atoms with Crippen LogP contribution >= 0.6 is 0 Å². The maximum Gasteiger partial charge on any atom is 0.306 e. The van der Waals surface area contributed by atoms with Crippen LogP contribution in [0.2, 0.25) is 0 Å². The smallest absolute Gasteiger partial charge is 0.306 e. The number of rotatable bonds is 51. The van der Waals surface area contributed by atoms with Crippen LogP contribution in [0.15, 0.2) is 146 Å². The van der Waals surface area contributed by atoms with E-state index < -0.39 is 6.10 Å². The van der Waals surface area contributed by atoms with Gasteiger partial charge in [0.1, 0.15) is 13.2 Å². The molecule has 0 rings (SSSR count). The zero-order valence-corrected chi connectivity index (χ0v) is 46.8. The fraction of sp³-hybridized carbons (Fsp3) is 0.597. The molecule has 1 unspecified atom stereocenters. The first-order chi connectivity index (χ1) is 36.0. The number of ether oxygens (including phenoxy) is 3. The summed E-state index contributed by atoms with van der Waals surface area (Å²) < 4.78 is 16.8. The fourth-order valence-corrected chi connectivity index (χ4v) is 7.52. The third-order valence-electron chi connectivity index (χ3n) is 11.8. The molecule has 0 saturated carbocycles. The van der Waals surface area contributed by atoms with Crippen molar-refractivity contribution in [1.82, 2.24) is 0 Å². The van der Waals surface area contributed by atoms with E-state index in [0.717, 1.165) is 135 Å². The van der Waals surface area contributed by atoms with Gasteiger partial charge in [0.05, 0.1) is 0 Å². The lowest BCUT2D eigenvalue weighted by Crippen LogP contribution is -2.30. The summed E-state index contributed by atoms with van der Waals surface area (Å²) in [7, 11) is 0. The van der Waals surface area contributed by atoms with Crippen molar-refractivity contribution in [1.29, 1.82) is 0 Å². The Hall–Kier alpha value is -4.71. The Labute approximate surface area is 448 Å². The second-order valence-electron chi connectivity index (χ2n) is 18.8. The van der Waals surface area contributed by atoms with Crippen LogP contribution < -0.4 is 0 Å². The minimum absolute atomic E-state index is 0.105. The molecular formula is C67H106O6. The molecule has 0 radical (unpaired) electrons. The topological polar surface area (TPSA) is 78.9 Å². The minimum Gasteiger partial charge on any atom is -0.462 e. The summed E-state index contributed by atoms with van der Waals surface area (Å²) in [6.45, 7) is 6.32. The average Bonchev–Trinajstić information content (AvgIpc) is 3.39. The highest BCUT2D eigenvalue weighted by Gasteiger charge is 2.19. The third-order valence-corrected chi connectivity index (χ3v) is 11.8. The van der Waals surface area contributed by atoms with Crippen molar-refractivity contribution in [3.05, 3.63) is 146 Å². The molecule has 73 heavy (non-hydrogen) atoms. The van der Waals surface area contributed by atoms with Crippen LogP contribution in [0, 0.1) is 0 Å². The standard InChI is InChI=1S/C67H106O6/c1-4-7-10-13-16-19-21-23-25-27-29-31-33-35-37-39-41-43-45-48-51-54-57-60-66(69)72-63-64(62-71-65(68)59-56-53-50-47-18-15-12-9-6-3)73-67(70)61-58-55-52-49-46-44-42-40-38-36-34-32-30-28-26-24-22-20-17-14-11-8-5-2/h7-8,10-11,16-17,19-20,23-26,29-32,35-38,41,43,48,51,64H,4-6,9,12-15,18,21-22,27-28,33-34,39-40,42,44-47,49-50,52-63H2,1-3H3/b10-7-,11-8-,19-16-,20-17-,25-23-,26-24-,31-29-,32-30-,37-35-,38-36-,43-41-,51-48-. The molecule has 0 fully saturated rings. The van der Waals surface area contributed by atoms with E-state index in [9.17, 15) is 14.4 Å². The first kappa shape index (κ1) is 68.3. The number of hydrogen-bond acceptors (Lipinski definition) is 6. The van der Waals surface area contributed by atoms with Crippen molar-refractivity contribution in [2.24, 2.45) is 0 Å². The summed E-state index contributed by atoms with van der Waals surface area (Å²) in [4.78, 5) is 38.1. The van der Waals surface area contributed by atoms with Gasteiger partial charge in [-0.1, -0.05) is 250 Å². The molecule has 0 N–H and O–H groups in total. The molecule has 0 saturated heterocycles. The number of unbranched alkanes of at least 4 members (excludes halogenated alkanes) is 16. The second kappa shape index (κ2) is 59.8. The molecule has 1 atom stereocenters. The molecular weight excluding hydrogens is 901 g/mol. The van der Waals surface area contributed by atoms with Crippen molar-refractivity contribution in [2.75, 3.05) is 13.2 Å². The number of carbonyl (C=O) groups excluding carboxylic acids is 3. The molecule has 0 heterocycles. The van der Waals surface area contributed by atoms with Gasteiger partial charge in [0.25, 0.3) is 0 Å². The van der Waals surface area contributed by atoms with E-state index in [0.29, 0.717) is 19.3 Å². The van der Waals surface area contributed by atoms with Crippen LogP contribution in [0.5, 0.6) is 0 Å². The predicted octanol–water partition coefficient (Wildman–Crippen LogP) is 20.0. The summed E-state index contributed by atoms with van der Waals surface area (Å²) in [5.41, 5.74) is 0. The highest BCUT2D eigenvalue weighted by atomic mass is 16.6. The Kier molecular flexibility index (Phi) is 56.0. The number of hydrogen-bond donors (Lipinski definition) is 0. The Morgan fingerprint density at radius 1 is 0.288 bits per heavy atom. The SMILES string of the molecule is CC/C=C\C/C=C\C/C=C\C/C=C\C/C=C\C/C=C\C/C=C\CCCC(=O)OCC(COC(=O)CCCCCCCCCCC)OC(=O)CCCCCCCCC/C=C\C/C=C\C/C=C\C/C=C\C/C=C\CC. The van der Waals surface area contributed by atoms with Gasteiger partial charge in [0.15, 0.2) is 6.10 Å². The first-order valence-electron chi connectivity index (χ1n) is 29.3. The Morgan fingerprint density at radius 3 is 0.890 bits per heavy atom. The molecule has 0 aromatic rings. The molecule has 0 amide bonds. The number of allylic oxidation sites excluding steroid dienone is 24. The highest BCUT2D eigenvalue weighted by Crippen LogP contribution is 2.14. The van der Waals surface area contributed by atoms with Gasteiger partial charge >= 0.3 is 17.9 Å². The molecule has 0 bridgehead atoms. The molecule has 0 spiro atoms. The van der Waals surface area contributed by atoms with Crippen LogP contribution in [0.4, 0.5) is 0 Å². The van der Waals surface area contributed by atoms with Crippen molar-refractivity contribution < 1.29 is 28.6 Å². The fourth-order valence-electron chi connectivity index (χ4n) is 7.52. The molecule has 6 heteroatoms. The number of carbonyl (C=O) groups is 3. The predicted molar refractivity (Wildman–Crippen MR) is 315 cm³/mol. The van der Waals surface area contributed by atoms with Crippen molar-refractivity contribution in [3.8, 4) is 0 Å². The summed E-state index contributed by atoms with van der Waals surface area (Å²) in [5.74, 6) is -0.987. The Bertz CT molecular complexity index is 1630. The molecule has 0 aliphatic carbocycles. The average molecular weight is 1010 g/mol. The van der Waals surface area contributed by atoms with Gasteiger partial charge in [-0.2, -0.15) is 0 Å². The molecule has 410 valence electrons. The lowest BCUT2D eigenvalue weighted by Gasteiger charge is -2.18. The number of esters is 3. The molecule has 0 aliphatic heterocycles. The van der Waals surface area contributed by atoms with Gasteiger partial charge in [-0.05, 0) is 116 Å². The summed E-state index contributed by atoms with van der Waals surface area (Å²) in [6, 6.07) is 0. The van der Waals surface area contributed by atoms with E-state index in [-0.39, 0.29) is 37.5 Å². The van der Waals surface area contributed by atoms with Crippen LogP contribution in [0.25, 0.3) is 0 Å². The van der Waals surface area contributed by atoms with E-state index in [1.807, 2.05) is 0 Å². The lowest BCUT2D eigenvalue weighted by molar-refractivity contribution is -0.167. The minimum atomic E-state index is -0.812. The maximum absolute atomic E-state index is 12.9. The third kappa shape index (κ3) is 58.1. The van der Waals surface area contributed by atoms with Gasteiger partial charge in [-0.15, -0.1) is 0 Å². The Morgan fingerprint density at radius 2 is 0.548 bits per heavy atom. The van der Waals surface area contributed by atoms with E-state index in [1.165, 1.54) is 57.8 Å². The highest BCUT2D eigenvalue weighted by molar-refractivity contribution is 5.71. The zero-order chi connectivity index (χ0) is 52.9. The van der Waals surface area contributed by atoms with Crippen molar-refractivity contribution >= 4 is 17.9 Å².